The predicted molar refractivity (Wildman–Crippen MR) is 117 cm³/mol. The lowest BCUT2D eigenvalue weighted by molar-refractivity contribution is 0.0938. The Morgan fingerprint density at radius 1 is 1.14 bits per heavy atom. The molecule has 2 aromatic rings. The van der Waals surface area contributed by atoms with Crippen LogP contribution in [0.4, 0.5) is 0 Å². The number of rotatable bonds is 9. The third-order valence-electron chi connectivity index (χ3n) is 5.19. The summed E-state index contributed by atoms with van der Waals surface area (Å²) in [6.07, 6.45) is 7.62. The number of likely N-dealkylation sites (tertiary alicyclic amines) is 1. The van der Waals surface area contributed by atoms with E-state index in [1.165, 1.54) is 37.9 Å². The molecule has 1 fully saturated rings. The van der Waals surface area contributed by atoms with Gasteiger partial charge in [0.1, 0.15) is 0 Å². The molecule has 0 bridgehead atoms. The second-order valence-electron chi connectivity index (χ2n) is 7.53. The Kier molecular flexibility index (Phi) is 8.37. The molecule has 1 amide bonds. The molecule has 4 nitrogen and oxygen atoms in total. The molecule has 1 saturated heterocycles. The standard InChI is InChI=1S/C23H31N3OS/c1-19(10-11-20-8-4-2-5-9-20)25-23(27)21-12-13-22(24-18-21)28-17-16-26-14-6-3-7-15-26/h2,4-5,8-9,12-13,18-19H,3,6-7,10-11,14-17H2,1H3,(H,25,27)/t19-/m1/s1. The van der Waals surface area contributed by atoms with Gasteiger partial charge in [0.2, 0.25) is 0 Å². The van der Waals surface area contributed by atoms with Crippen molar-refractivity contribution in [3.63, 3.8) is 0 Å². The van der Waals surface area contributed by atoms with Crippen molar-refractivity contribution < 1.29 is 4.79 Å². The van der Waals surface area contributed by atoms with Crippen molar-refractivity contribution >= 4 is 17.7 Å². The summed E-state index contributed by atoms with van der Waals surface area (Å²) in [6, 6.07) is 14.4. The van der Waals surface area contributed by atoms with Crippen LogP contribution in [0, 0.1) is 0 Å². The molecule has 0 radical (unpaired) electrons. The second-order valence-corrected chi connectivity index (χ2v) is 8.65. The molecule has 0 unspecified atom stereocenters. The number of benzene rings is 1. The molecule has 28 heavy (non-hydrogen) atoms. The number of nitrogens with one attached hydrogen (secondary N) is 1. The van der Waals surface area contributed by atoms with Crippen molar-refractivity contribution in [3.8, 4) is 0 Å². The van der Waals surface area contributed by atoms with Crippen LogP contribution in [0.2, 0.25) is 0 Å². The van der Waals surface area contributed by atoms with Gasteiger partial charge in [-0.25, -0.2) is 4.98 Å². The van der Waals surface area contributed by atoms with Crippen molar-refractivity contribution in [1.29, 1.82) is 0 Å². The third-order valence-corrected chi connectivity index (χ3v) is 6.11. The number of pyridine rings is 1. The molecular weight excluding hydrogens is 366 g/mol. The van der Waals surface area contributed by atoms with Gasteiger partial charge in [-0.2, -0.15) is 0 Å². The molecule has 0 saturated carbocycles. The quantitative estimate of drug-likeness (QED) is 0.637. The van der Waals surface area contributed by atoms with Crippen molar-refractivity contribution in [2.75, 3.05) is 25.4 Å². The first kappa shape index (κ1) is 20.9. The van der Waals surface area contributed by atoms with Crippen molar-refractivity contribution in [3.05, 3.63) is 59.8 Å². The first-order valence-electron chi connectivity index (χ1n) is 10.4. The SMILES string of the molecule is C[C@H](CCc1ccccc1)NC(=O)c1ccc(SCCN2CCCCC2)nc1. The first-order chi connectivity index (χ1) is 13.7. The Hall–Kier alpha value is -1.85. The van der Waals surface area contributed by atoms with Gasteiger partial charge in [-0.15, -0.1) is 11.8 Å². The van der Waals surface area contributed by atoms with E-state index >= 15 is 0 Å². The third kappa shape index (κ3) is 6.95. The number of piperidine rings is 1. The van der Waals surface area contributed by atoms with Crippen LogP contribution in [0.3, 0.4) is 0 Å². The fourth-order valence-corrected chi connectivity index (χ4v) is 4.32. The van der Waals surface area contributed by atoms with Crippen molar-refractivity contribution in [1.82, 2.24) is 15.2 Å². The van der Waals surface area contributed by atoms with E-state index in [1.807, 2.05) is 18.2 Å². The Bertz CT molecular complexity index is 714. The van der Waals surface area contributed by atoms with Crippen LogP contribution in [0.15, 0.2) is 53.7 Å². The van der Waals surface area contributed by atoms with Crippen LogP contribution in [0.25, 0.3) is 0 Å². The highest BCUT2D eigenvalue weighted by Gasteiger charge is 2.12. The number of carbonyl (C=O) groups is 1. The van der Waals surface area contributed by atoms with Gasteiger partial charge in [0, 0.05) is 24.5 Å². The molecule has 1 atom stereocenters. The number of nitrogens with zero attached hydrogens (tertiary/aromatic N) is 2. The molecule has 1 aromatic heterocycles. The van der Waals surface area contributed by atoms with Gasteiger partial charge in [-0.3, -0.25) is 4.79 Å². The van der Waals surface area contributed by atoms with Gasteiger partial charge in [0.05, 0.1) is 10.6 Å². The second kappa shape index (κ2) is 11.2. The Morgan fingerprint density at radius 2 is 1.93 bits per heavy atom. The Morgan fingerprint density at radius 3 is 2.64 bits per heavy atom. The summed E-state index contributed by atoms with van der Waals surface area (Å²) in [4.78, 5) is 19.4. The zero-order valence-corrected chi connectivity index (χ0v) is 17.6. The average Bonchev–Trinajstić information content (AvgIpc) is 2.74. The molecule has 1 aliphatic heterocycles. The summed E-state index contributed by atoms with van der Waals surface area (Å²) >= 11 is 1.77. The minimum absolute atomic E-state index is 0.0436. The highest BCUT2D eigenvalue weighted by molar-refractivity contribution is 7.99. The summed E-state index contributed by atoms with van der Waals surface area (Å²) < 4.78 is 0. The molecule has 150 valence electrons. The topological polar surface area (TPSA) is 45.2 Å². The average molecular weight is 398 g/mol. The predicted octanol–water partition coefficient (Wildman–Crippen LogP) is 4.41. The fraction of sp³-hybridized carbons (Fsp3) is 0.478. The lowest BCUT2D eigenvalue weighted by atomic mass is 10.1. The van der Waals surface area contributed by atoms with Crippen LogP contribution in [0.1, 0.15) is 48.5 Å². The number of amides is 1. The highest BCUT2D eigenvalue weighted by Crippen LogP contribution is 2.17. The van der Waals surface area contributed by atoms with Crippen LogP contribution in [-0.2, 0) is 6.42 Å². The van der Waals surface area contributed by atoms with E-state index in [0.29, 0.717) is 5.56 Å². The molecule has 1 aromatic carbocycles. The maximum Gasteiger partial charge on any atom is 0.253 e. The zero-order valence-electron chi connectivity index (χ0n) is 16.8. The molecule has 0 spiro atoms. The lowest BCUT2D eigenvalue weighted by Crippen LogP contribution is -2.33. The summed E-state index contributed by atoms with van der Waals surface area (Å²) in [7, 11) is 0. The normalized spacial score (nSPS) is 15.9. The summed E-state index contributed by atoms with van der Waals surface area (Å²) in [6.45, 7) is 5.64. The van der Waals surface area contributed by atoms with E-state index in [4.69, 9.17) is 0 Å². The zero-order chi connectivity index (χ0) is 19.6. The van der Waals surface area contributed by atoms with E-state index in [1.54, 1.807) is 18.0 Å². The molecule has 3 rings (SSSR count). The molecular formula is C23H31N3OS. The fourth-order valence-electron chi connectivity index (χ4n) is 3.47. The maximum atomic E-state index is 12.4. The molecule has 0 aliphatic carbocycles. The molecule has 1 N–H and O–H groups in total. The van der Waals surface area contributed by atoms with Gasteiger partial charge < -0.3 is 10.2 Å². The van der Waals surface area contributed by atoms with Gasteiger partial charge >= 0.3 is 0 Å². The number of thioether (sulfide) groups is 1. The summed E-state index contributed by atoms with van der Waals surface area (Å²) in [5.41, 5.74) is 1.93. The van der Waals surface area contributed by atoms with Gasteiger partial charge in [0.25, 0.3) is 5.91 Å². The molecule has 2 heterocycles. The number of aromatic nitrogens is 1. The van der Waals surface area contributed by atoms with Crippen molar-refractivity contribution in [2.24, 2.45) is 0 Å². The van der Waals surface area contributed by atoms with Crippen LogP contribution in [-0.4, -0.2) is 47.2 Å². The van der Waals surface area contributed by atoms with Crippen LogP contribution >= 0.6 is 11.8 Å². The van der Waals surface area contributed by atoms with Crippen molar-refractivity contribution in [2.45, 2.75) is 50.1 Å². The minimum Gasteiger partial charge on any atom is -0.350 e. The maximum absolute atomic E-state index is 12.4. The van der Waals surface area contributed by atoms with E-state index in [2.05, 4.69) is 46.4 Å². The number of hydrogen-bond acceptors (Lipinski definition) is 4. The largest absolute Gasteiger partial charge is 0.350 e. The molecule has 5 heteroatoms. The van der Waals surface area contributed by atoms with E-state index < -0.39 is 0 Å². The number of aryl methyl sites for hydroxylation is 1. The van der Waals surface area contributed by atoms with E-state index in [9.17, 15) is 4.79 Å². The van der Waals surface area contributed by atoms with Gasteiger partial charge in [-0.05, 0) is 63.4 Å². The Balaban J connectivity index is 1.38. The minimum atomic E-state index is -0.0436. The first-order valence-corrected chi connectivity index (χ1v) is 11.4. The van der Waals surface area contributed by atoms with E-state index in [0.717, 1.165) is 30.2 Å². The number of hydrogen-bond donors (Lipinski definition) is 1. The smallest absolute Gasteiger partial charge is 0.253 e. The lowest BCUT2D eigenvalue weighted by Gasteiger charge is -2.25. The Labute approximate surface area is 173 Å². The van der Waals surface area contributed by atoms with E-state index in [-0.39, 0.29) is 11.9 Å². The van der Waals surface area contributed by atoms with Gasteiger partial charge in [-0.1, -0.05) is 36.8 Å². The highest BCUT2D eigenvalue weighted by atomic mass is 32.2. The van der Waals surface area contributed by atoms with Crippen LogP contribution in [0.5, 0.6) is 0 Å². The monoisotopic (exact) mass is 397 g/mol. The van der Waals surface area contributed by atoms with Gasteiger partial charge in [0.15, 0.2) is 0 Å². The number of carbonyl (C=O) groups excluding carboxylic acids is 1. The van der Waals surface area contributed by atoms with Crippen LogP contribution < -0.4 is 5.32 Å². The molecule has 1 aliphatic rings. The summed E-state index contributed by atoms with van der Waals surface area (Å²) in [5, 5.41) is 4.07. The summed E-state index contributed by atoms with van der Waals surface area (Å²) in [5.74, 6) is 1.01.